The van der Waals surface area contributed by atoms with Gasteiger partial charge < -0.3 is 14.4 Å². The lowest BCUT2D eigenvalue weighted by molar-refractivity contribution is -0.128. The van der Waals surface area contributed by atoms with Crippen molar-refractivity contribution in [1.29, 1.82) is 0 Å². The van der Waals surface area contributed by atoms with Crippen molar-refractivity contribution in [2.75, 3.05) is 45.9 Å². The molecule has 3 aliphatic heterocycles. The Morgan fingerprint density at radius 3 is 2.84 bits per heavy atom. The van der Waals surface area contributed by atoms with E-state index >= 15 is 0 Å². The number of halogens is 1. The van der Waals surface area contributed by atoms with E-state index < -0.39 is 0 Å². The van der Waals surface area contributed by atoms with E-state index in [2.05, 4.69) is 4.90 Å². The summed E-state index contributed by atoms with van der Waals surface area (Å²) in [6, 6.07) is 7.48. The van der Waals surface area contributed by atoms with Crippen molar-refractivity contribution in [3.63, 3.8) is 0 Å². The molecule has 3 heterocycles. The Labute approximate surface area is 153 Å². The maximum atomic E-state index is 11.9. The van der Waals surface area contributed by atoms with Crippen LogP contribution in [0.3, 0.4) is 0 Å². The lowest BCUT2D eigenvalue weighted by Crippen LogP contribution is -2.35. The van der Waals surface area contributed by atoms with E-state index in [4.69, 9.17) is 21.1 Å². The Kier molecular flexibility index (Phi) is 5.15. The molecule has 1 amide bonds. The van der Waals surface area contributed by atoms with Gasteiger partial charge in [-0.3, -0.25) is 9.69 Å². The molecule has 3 fully saturated rings. The molecule has 25 heavy (non-hydrogen) atoms. The van der Waals surface area contributed by atoms with Gasteiger partial charge >= 0.3 is 0 Å². The molecule has 0 aromatic heterocycles. The predicted octanol–water partition coefficient (Wildman–Crippen LogP) is 2.29. The second kappa shape index (κ2) is 7.52. The molecule has 0 spiro atoms. The van der Waals surface area contributed by atoms with Crippen LogP contribution in [0, 0.1) is 11.8 Å². The fourth-order valence-corrected chi connectivity index (χ4v) is 4.38. The van der Waals surface area contributed by atoms with Crippen molar-refractivity contribution in [2.24, 2.45) is 11.8 Å². The number of amides is 1. The topological polar surface area (TPSA) is 42.0 Å². The lowest BCUT2D eigenvalue weighted by atomic mass is 9.93. The fourth-order valence-electron chi connectivity index (χ4n) is 4.25. The molecule has 5 nitrogen and oxygen atoms in total. The van der Waals surface area contributed by atoms with Gasteiger partial charge in [0.25, 0.3) is 0 Å². The molecule has 0 bridgehead atoms. The summed E-state index contributed by atoms with van der Waals surface area (Å²) in [6.45, 7) is 6.17. The van der Waals surface area contributed by atoms with Gasteiger partial charge in [-0.1, -0.05) is 11.6 Å². The first kappa shape index (κ1) is 17.1. The molecule has 0 saturated carbocycles. The van der Waals surface area contributed by atoms with Crippen LogP contribution in [-0.2, 0) is 9.53 Å². The number of carbonyl (C=O) groups excluding carboxylic acids is 1. The fraction of sp³-hybridized carbons (Fsp3) is 0.632. The molecule has 0 unspecified atom stereocenters. The smallest absolute Gasteiger partial charge is 0.222 e. The van der Waals surface area contributed by atoms with Crippen LogP contribution in [-0.4, -0.2) is 67.7 Å². The number of likely N-dealkylation sites (tertiary alicyclic amines) is 2. The number of benzene rings is 1. The van der Waals surface area contributed by atoms with Crippen molar-refractivity contribution in [3.05, 3.63) is 29.3 Å². The van der Waals surface area contributed by atoms with Gasteiger partial charge in [0, 0.05) is 56.0 Å². The van der Waals surface area contributed by atoms with E-state index in [1.165, 1.54) is 0 Å². The first-order chi connectivity index (χ1) is 12.2. The molecule has 1 aromatic rings. The molecule has 0 radical (unpaired) electrons. The SMILES string of the molecule is O=C1CCCN1C[C@@H]1CO[C@@H]2CN(CCOc3ccc(Cl)cc3)C[C@H]12. The van der Waals surface area contributed by atoms with Crippen molar-refractivity contribution in [2.45, 2.75) is 18.9 Å². The molecule has 0 aliphatic carbocycles. The summed E-state index contributed by atoms with van der Waals surface area (Å²) in [4.78, 5) is 16.3. The molecule has 3 atom stereocenters. The third-order valence-electron chi connectivity index (χ3n) is 5.63. The lowest BCUT2D eigenvalue weighted by Gasteiger charge is -2.24. The number of hydrogen-bond acceptors (Lipinski definition) is 4. The van der Waals surface area contributed by atoms with Crippen LogP contribution in [0.15, 0.2) is 24.3 Å². The molecule has 3 saturated heterocycles. The van der Waals surface area contributed by atoms with Crippen LogP contribution in [0.4, 0.5) is 0 Å². The van der Waals surface area contributed by atoms with E-state index in [0.717, 1.165) is 62.9 Å². The zero-order chi connectivity index (χ0) is 17.2. The minimum absolute atomic E-state index is 0.315. The Morgan fingerprint density at radius 1 is 1.24 bits per heavy atom. The van der Waals surface area contributed by atoms with E-state index in [-0.39, 0.29) is 0 Å². The summed E-state index contributed by atoms with van der Waals surface area (Å²) in [7, 11) is 0. The number of ether oxygens (including phenoxy) is 2. The highest BCUT2D eigenvalue weighted by molar-refractivity contribution is 6.30. The average Bonchev–Trinajstić information content (AvgIpc) is 3.28. The highest BCUT2D eigenvalue weighted by atomic mass is 35.5. The summed E-state index contributed by atoms with van der Waals surface area (Å²) in [5, 5.41) is 0.722. The van der Waals surface area contributed by atoms with Gasteiger partial charge in [-0.15, -0.1) is 0 Å². The number of carbonyl (C=O) groups is 1. The van der Waals surface area contributed by atoms with E-state index in [0.29, 0.717) is 30.5 Å². The molecule has 3 aliphatic rings. The largest absolute Gasteiger partial charge is 0.492 e. The minimum Gasteiger partial charge on any atom is -0.492 e. The summed E-state index contributed by atoms with van der Waals surface area (Å²) in [6.07, 6.45) is 2.04. The van der Waals surface area contributed by atoms with E-state index in [9.17, 15) is 4.79 Å². The Hall–Kier alpha value is -1.30. The van der Waals surface area contributed by atoms with Gasteiger partial charge in [0.15, 0.2) is 0 Å². The second-order valence-corrected chi connectivity index (χ2v) is 7.74. The monoisotopic (exact) mass is 364 g/mol. The highest BCUT2D eigenvalue weighted by Gasteiger charge is 2.44. The summed E-state index contributed by atoms with van der Waals surface area (Å²) in [5.41, 5.74) is 0. The molecule has 4 rings (SSSR count). The highest BCUT2D eigenvalue weighted by Crippen LogP contribution is 2.34. The van der Waals surface area contributed by atoms with Crippen molar-refractivity contribution in [1.82, 2.24) is 9.80 Å². The summed E-state index contributed by atoms with van der Waals surface area (Å²) in [5.74, 6) is 2.19. The van der Waals surface area contributed by atoms with Gasteiger partial charge in [-0.05, 0) is 30.7 Å². The van der Waals surface area contributed by atoms with E-state index in [1.807, 2.05) is 29.2 Å². The molecular formula is C19H25ClN2O3. The molecule has 0 N–H and O–H groups in total. The van der Waals surface area contributed by atoms with Crippen LogP contribution in [0.2, 0.25) is 5.02 Å². The first-order valence-corrected chi connectivity index (χ1v) is 9.57. The quantitative estimate of drug-likeness (QED) is 0.776. The zero-order valence-corrected chi connectivity index (χ0v) is 15.2. The predicted molar refractivity (Wildman–Crippen MR) is 95.9 cm³/mol. The third kappa shape index (κ3) is 3.94. The standard InChI is InChI=1S/C19H25ClN2O3/c20-15-3-5-16(6-4-15)24-9-8-21-11-17-14(13-25-18(17)12-21)10-22-7-1-2-19(22)23/h3-6,14,17-18H,1-2,7-13H2/t14-,17-,18-/m1/s1. The minimum atomic E-state index is 0.315. The first-order valence-electron chi connectivity index (χ1n) is 9.19. The molecule has 6 heteroatoms. The van der Waals surface area contributed by atoms with Crippen molar-refractivity contribution < 1.29 is 14.3 Å². The Balaban J connectivity index is 1.23. The van der Waals surface area contributed by atoms with Crippen LogP contribution in [0.25, 0.3) is 0 Å². The van der Waals surface area contributed by atoms with Crippen molar-refractivity contribution in [3.8, 4) is 5.75 Å². The average molecular weight is 365 g/mol. The Bertz CT molecular complexity index is 609. The van der Waals surface area contributed by atoms with Crippen molar-refractivity contribution >= 4 is 17.5 Å². The van der Waals surface area contributed by atoms with E-state index in [1.54, 1.807) is 0 Å². The maximum Gasteiger partial charge on any atom is 0.222 e. The van der Waals surface area contributed by atoms with Crippen LogP contribution < -0.4 is 4.74 Å². The number of nitrogens with zero attached hydrogens (tertiary/aromatic N) is 2. The molecule has 1 aromatic carbocycles. The van der Waals surface area contributed by atoms with Crippen LogP contribution in [0.1, 0.15) is 12.8 Å². The van der Waals surface area contributed by atoms with Gasteiger partial charge in [0.1, 0.15) is 12.4 Å². The van der Waals surface area contributed by atoms with Gasteiger partial charge in [0.2, 0.25) is 5.91 Å². The number of rotatable bonds is 6. The van der Waals surface area contributed by atoms with Crippen LogP contribution in [0.5, 0.6) is 5.75 Å². The van der Waals surface area contributed by atoms with Gasteiger partial charge in [0.05, 0.1) is 12.7 Å². The summed E-state index contributed by atoms with van der Waals surface area (Å²) >= 11 is 5.89. The number of fused-ring (bicyclic) bond motifs is 1. The van der Waals surface area contributed by atoms with Crippen LogP contribution >= 0.6 is 11.6 Å². The summed E-state index contributed by atoms with van der Waals surface area (Å²) < 4.78 is 11.8. The van der Waals surface area contributed by atoms with Gasteiger partial charge in [-0.25, -0.2) is 0 Å². The Morgan fingerprint density at radius 2 is 2.08 bits per heavy atom. The molecular weight excluding hydrogens is 340 g/mol. The zero-order valence-electron chi connectivity index (χ0n) is 14.4. The molecule has 136 valence electrons. The number of hydrogen-bond donors (Lipinski definition) is 0. The third-order valence-corrected chi connectivity index (χ3v) is 5.88. The maximum absolute atomic E-state index is 11.9. The second-order valence-electron chi connectivity index (χ2n) is 7.30. The normalized spacial score (nSPS) is 29.4. The van der Waals surface area contributed by atoms with Gasteiger partial charge in [-0.2, -0.15) is 0 Å².